The summed E-state index contributed by atoms with van der Waals surface area (Å²) in [5.41, 5.74) is 0.918. The second-order valence-electron chi connectivity index (χ2n) is 2.12. The van der Waals surface area contributed by atoms with Gasteiger partial charge in [0.2, 0.25) is 0 Å². The standard InChI is InChI=1S/C6H7NS4/c1-2-3(8)4(9)5(10)6(11)7-2/h8,10H,1H3,(H2,7,9,11). The summed E-state index contributed by atoms with van der Waals surface area (Å²) < 4.78 is 0.605. The van der Waals surface area contributed by atoms with Gasteiger partial charge in [-0.05, 0) is 6.92 Å². The van der Waals surface area contributed by atoms with E-state index in [1.54, 1.807) is 0 Å². The number of hydrogen-bond acceptors (Lipinski definition) is 4. The molecule has 11 heavy (non-hydrogen) atoms. The lowest BCUT2D eigenvalue weighted by molar-refractivity contribution is 0.965. The predicted molar refractivity (Wildman–Crippen MR) is 58.1 cm³/mol. The van der Waals surface area contributed by atoms with Crippen LogP contribution in [-0.4, -0.2) is 4.98 Å². The molecule has 0 amide bonds. The van der Waals surface area contributed by atoms with Crippen LogP contribution in [0.25, 0.3) is 0 Å². The van der Waals surface area contributed by atoms with Crippen molar-refractivity contribution in [1.29, 1.82) is 0 Å². The van der Waals surface area contributed by atoms with Gasteiger partial charge in [-0.15, -0.1) is 37.9 Å². The smallest absolute Gasteiger partial charge is 0.118 e. The van der Waals surface area contributed by atoms with Gasteiger partial charge in [-0.3, -0.25) is 0 Å². The van der Waals surface area contributed by atoms with E-state index in [2.05, 4.69) is 42.9 Å². The number of H-pyrrole nitrogens is 1. The van der Waals surface area contributed by atoms with Crippen molar-refractivity contribution in [3.63, 3.8) is 0 Å². The molecule has 1 heterocycles. The van der Waals surface area contributed by atoms with Crippen molar-refractivity contribution >= 4 is 50.1 Å². The fourth-order valence-electron chi connectivity index (χ4n) is 0.686. The lowest BCUT2D eigenvalue weighted by atomic mass is 10.4. The molecule has 0 atom stereocenters. The molecule has 0 unspecified atom stereocenters. The van der Waals surface area contributed by atoms with Crippen LogP contribution < -0.4 is 0 Å². The summed E-state index contributed by atoms with van der Waals surface area (Å²) in [7, 11) is 0. The molecule has 0 bridgehead atoms. The Morgan fingerprint density at radius 1 is 1.09 bits per heavy atom. The molecule has 1 rings (SSSR count). The van der Waals surface area contributed by atoms with E-state index < -0.39 is 0 Å². The van der Waals surface area contributed by atoms with E-state index in [9.17, 15) is 0 Å². The first-order valence-electron chi connectivity index (χ1n) is 2.87. The van der Waals surface area contributed by atoms with Gasteiger partial charge < -0.3 is 4.98 Å². The van der Waals surface area contributed by atoms with Crippen LogP contribution in [0.2, 0.25) is 0 Å². The Morgan fingerprint density at radius 3 is 2.18 bits per heavy atom. The third-order valence-electron chi connectivity index (χ3n) is 1.32. The van der Waals surface area contributed by atoms with Gasteiger partial charge in [-0.2, -0.15) is 0 Å². The molecule has 0 radical (unpaired) electrons. The summed E-state index contributed by atoms with van der Waals surface area (Å²) in [5.74, 6) is 0. The normalized spacial score (nSPS) is 10.2. The second kappa shape index (κ2) is 3.43. The van der Waals surface area contributed by atoms with Crippen molar-refractivity contribution in [2.45, 2.75) is 21.6 Å². The lowest BCUT2D eigenvalue weighted by Crippen LogP contribution is -1.88. The molecule has 1 aromatic heterocycles. The molecule has 0 aromatic carbocycles. The number of nitrogens with one attached hydrogen (secondary N) is 1. The van der Waals surface area contributed by atoms with Crippen LogP contribution in [-0.2, 0) is 0 Å². The number of aromatic amines is 1. The zero-order valence-corrected chi connectivity index (χ0v) is 9.25. The van der Waals surface area contributed by atoms with Gasteiger partial charge in [0.25, 0.3) is 0 Å². The van der Waals surface area contributed by atoms with Crippen LogP contribution in [0.5, 0.6) is 0 Å². The molecular formula is C6H7NS4. The van der Waals surface area contributed by atoms with E-state index in [-0.39, 0.29) is 0 Å². The first-order chi connectivity index (χ1) is 5.04. The maximum atomic E-state index is 4.97. The number of pyridine rings is 1. The summed E-state index contributed by atoms with van der Waals surface area (Å²) in [6.45, 7) is 1.89. The van der Waals surface area contributed by atoms with Crippen molar-refractivity contribution in [3.8, 4) is 0 Å². The summed E-state index contributed by atoms with van der Waals surface area (Å²) in [5, 5.41) is 0. The summed E-state index contributed by atoms with van der Waals surface area (Å²) in [6, 6.07) is 0. The number of aromatic nitrogens is 1. The minimum atomic E-state index is 0.605. The highest BCUT2D eigenvalue weighted by Gasteiger charge is 2.03. The first-order valence-corrected chi connectivity index (χ1v) is 4.62. The molecule has 5 heteroatoms. The molecule has 1 nitrogen and oxygen atoms in total. The molecule has 0 aliphatic rings. The number of aryl methyl sites for hydroxylation is 1. The monoisotopic (exact) mass is 221 g/mol. The second-order valence-corrected chi connectivity index (χ2v) is 3.87. The van der Waals surface area contributed by atoms with Gasteiger partial charge in [-0.25, -0.2) is 0 Å². The fraction of sp³-hybridized carbons (Fsp3) is 0.167. The van der Waals surface area contributed by atoms with E-state index in [1.807, 2.05) is 6.92 Å². The van der Waals surface area contributed by atoms with Gasteiger partial charge in [0.05, 0.1) is 4.90 Å². The minimum Gasteiger partial charge on any atom is -0.348 e. The zero-order valence-electron chi connectivity index (χ0n) is 5.75. The van der Waals surface area contributed by atoms with E-state index in [4.69, 9.17) is 12.2 Å². The Morgan fingerprint density at radius 2 is 1.64 bits per heavy atom. The highest BCUT2D eigenvalue weighted by Crippen LogP contribution is 2.27. The maximum Gasteiger partial charge on any atom is 0.118 e. The molecule has 0 saturated carbocycles. The van der Waals surface area contributed by atoms with Gasteiger partial charge in [0.1, 0.15) is 4.64 Å². The van der Waals surface area contributed by atoms with Gasteiger partial charge >= 0.3 is 0 Å². The molecule has 1 N–H and O–H groups in total. The Bertz CT molecular complexity index is 341. The maximum absolute atomic E-state index is 4.97. The molecule has 0 saturated heterocycles. The van der Waals surface area contributed by atoms with Gasteiger partial charge in [0.15, 0.2) is 0 Å². The van der Waals surface area contributed by atoms with E-state index in [0.29, 0.717) is 9.54 Å². The number of thiol groups is 3. The van der Waals surface area contributed by atoms with E-state index >= 15 is 0 Å². The largest absolute Gasteiger partial charge is 0.348 e. The Hall–Kier alpha value is 0.420. The summed E-state index contributed by atoms with van der Waals surface area (Å²) >= 11 is 17.6. The zero-order chi connectivity index (χ0) is 8.59. The topological polar surface area (TPSA) is 15.8 Å². The van der Waals surface area contributed by atoms with Crippen LogP contribution in [0.15, 0.2) is 14.7 Å². The van der Waals surface area contributed by atoms with Crippen LogP contribution in [0, 0.1) is 11.6 Å². The van der Waals surface area contributed by atoms with Gasteiger partial charge in [-0.1, -0.05) is 12.2 Å². The van der Waals surface area contributed by atoms with Crippen molar-refractivity contribution in [3.05, 3.63) is 10.3 Å². The first kappa shape index (κ1) is 9.51. The highest BCUT2D eigenvalue weighted by molar-refractivity contribution is 7.85. The molecular weight excluding hydrogens is 214 g/mol. The summed E-state index contributed by atoms with van der Waals surface area (Å²) in [6.07, 6.45) is 0. The quantitative estimate of drug-likeness (QED) is 0.391. The Labute approximate surface area is 86.8 Å². The predicted octanol–water partition coefficient (Wildman–Crippen LogP) is 2.92. The molecule has 60 valence electrons. The van der Waals surface area contributed by atoms with Gasteiger partial charge in [0, 0.05) is 15.5 Å². The molecule has 0 aliphatic carbocycles. The van der Waals surface area contributed by atoms with Crippen molar-refractivity contribution in [2.24, 2.45) is 0 Å². The summed E-state index contributed by atoms with van der Waals surface area (Å²) in [4.78, 5) is 5.17. The van der Waals surface area contributed by atoms with Crippen LogP contribution in [0.3, 0.4) is 0 Å². The third-order valence-corrected chi connectivity index (χ3v) is 3.58. The SMILES string of the molecule is Cc1[nH]c(=S)c(S)c(S)c1S. The van der Waals surface area contributed by atoms with Crippen molar-refractivity contribution in [1.82, 2.24) is 4.98 Å². The van der Waals surface area contributed by atoms with Crippen LogP contribution in [0.1, 0.15) is 5.69 Å². The fourth-order valence-corrected chi connectivity index (χ4v) is 1.72. The van der Waals surface area contributed by atoms with Crippen LogP contribution >= 0.6 is 50.1 Å². The number of rotatable bonds is 0. The third kappa shape index (κ3) is 1.77. The van der Waals surface area contributed by atoms with E-state index in [0.717, 1.165) is 15.5 Å². The highest BCUT2D eigenvalue weighted by atomic mass is 32.1. The number of hydrogen-bond donors (Lipinski definition) is 4. The Kier molecular flexibility index (Phi) is 2.96. The van der Waals surface area contributed by atoms with E-state index in [1.165, 1.54) is 0 Å². The average Bonchev–Trinajstić information content (AvgIpc) is 1.97. The van der Waals surface area contributed by atoms with Crippen molar-refractivity contribution in [2.75, 3.05) is 0 Å². The lowest BCUT2D eigenvalue weighted by Gasteiger charge is -2.04. The minimum absolute atomic E-state index is 0.605. The molecule has 0 aliphatic heterocycles. The van der Waals surface area contributed by atoms with Crippen molar-refractivity contribution < 1.29 is 0 Å². The Balaban J connectivity index is 3.59. The molecule has 0 spiro atoms. The molecule has 1 aromatic rings. The van der Waals surface area contributed by atoms with Crippen LogP contribution in [0.4, 0.5) is 0 Å². The average molecular weight is 221 g/mol. The molecule has 0 fully saturated rings.